The summed E-state index contributed by atoms with van der Waals surface area (Å²) in [6.45, 7) is 6.47. The van der Waals surface area contributed by atoms with Gasteiger partial charge in [-0.1, -0.05) is 232 Å². The molecular weight excluding hydrogens is 719 g/mol. The third-order valence-corrected chi connectivity index (χ3v) is 12.1. The van der Waals surface area contributed by atoms with Crippen LogP contribution in [-0.2, 0) is 14.3 Å². The lowest BCUT2D eigenvalue weighted by molar-refractivity contribution is -0.151. The average molecular weight is 820 g/mol. The number of aliphatic hydroxyl groups is 2. The van der Waals surface area contributed by atoms with Crippen molar-refractivity contribution in [3.8, 4) is 0 Å². The molecule has 0 aromatic heterocycles. The Bertz CT molecular complexity index is 878. The fraction of sp³-hybridized carbons (Fsp3) is 0.923. The van der Waals surface area contributed by atoms with Crippen molar-refractivity contribution in [2.24, 2.45) is 0 Å². The van der Waals surface area contributed by atoms with Crippen LogP contribution in [0, 0.1) is 0 Å². The summed E-state index contributed by atoms with van der Waals surface area (Å²) in [5.41, 5.74) is 0. The molecule has 0 saturated carbocycles. The van der Waals surface area contributed by atoms with Crippen molar-refractivity contribution in [1.82, 2.24) is 5.32 Å². The van der Waals surface area contributed by atoms with Crippen molar-refractivity contribution in [2.75, 3.05) is 6.61 Å². The lowest BCUT2D eigenvalue weighted by Gasteiger charge is -2.24. The highest BCUT2D eigenvalue weighted by atomic mass is 16.5. The molecule has 0 radical (unpaired) electrons. The minimum Gasteiger partial charge on any atom is -0.462 e. The SMILES string of the molecule is CCCCC/C=C\CCCCCC(CC(=O)NC(CO)C(O)CCCCCCCCCCCCCCCCCC)OC(=O)CCCCCCCCCCCCCCC. The van der Waals surface area contributed by atoms with Crippen LogP contribution in [0.5, 0.6) is 0 Å². The summed E-state index contributed by atoms with van der Waals surface area (Å²) in [5.74, 6) is -0.475. The van der Waals surface area contributed by atoms with Crippen LogP contribution in [0.15, 0.2) is 12.2 Å². The van der Waals surface area contributed by atoms with E-state index in [1.54, 1.807) is 0 Å². The zero-order valence-corrected chi connectivity index (χ0v) is 39.2. The molecule has 6 nitrogen and oxygen atoms in total. The van der Waals surface area contributed by atoms with Crippen molar-refractivity contribution in [3.63, 3.8) is 0 Å². The molecule has 344 valence electrons. The molecular formula is C52H101NO5. The second-order valence-electron chi connectivity index (χ2n) is 17.9. The van der Waals surface area contributed by atoms with Crippen LogP contribution in [-0.4, -0.2) is 46.9 Å². The van der Waals surface area contributed by atoms with Crippen LogP contribution in [0.3, 0.4) is 0 Å². The Morgan fingerprint density at radius 2 is 0.828 bits per heavy atom. The Morgan fingerprint density at radius 1 is 0.483 bits per heavy atom. The largest absolute Gasteiger partial charge is 0.462 e. The summed E-state index contributed by atoms with van der Waals surface area (Å²) >= 11 is 0. The van der Waals surface area contributed by atoms with E-state index in [4.69, 9.17) is 4.74 Å². The normalized spacial score (nSPS) is 13.3. The van der Waals surface area contributed by atoms with E-state index in [-0.39, 0.29) is 24.9 Å². The maximum Gasteiger partial charge on any atom is 0.306 e. The Labute approximate surface area is 361 Å². The molecule has 0 saturated heterocycles. The van der Waals surface area contributed by atoms with Gasteiger partial charge in [0.1, 0.15) is 6.10 Å². The molecule has 0 heterocycles. The van der Waals surface area contributed by atoms with E-state index in [9.17, 15) is 19.8 Å². The number of carbonyl (C=O) groups is 2. The summed E-state index contributed by atoms with van der Waals surface area (Å²) in [4.78, 5) is 26.1. The van der Waals surface area contributed by atoms with Crippen molar-refractivity contribution in [2.45, 2.75) is 302 Å². The third-order valence-electron chi connectivity index (χ3n) is 12.1. The van der Waals surface area contributed by atoms with Crippen LogP contribution >= 0.6 is 0 Å². The molecule has 58 heavy (non-hydrogen) atoms. The van der Waals surface area contributed by atoms with E-state index in [0.29, 0.717) is 19.3 Å². The first-order valence-electron chi connectivity index (χ1n) is 25.9. The van der Waals surface area contributed by atoms with Crippen molar-refractivity contribution in [3.05, 3.63) is 12.2 Å². The minimum absolute atomic E-state index is 0.0734. The highest BCUT2D eigenvalue weighted by Crippen LogP contribution is 2.18. The molecule has 0 aliphatic rings. The standard InChI is InChI=1S/C52H101NO5/c1-4-7-10-13-16-19-22-24-25-26-28-29-32-35-38-41-44-50(55)49(47-54)53-51(56)46-48(43-40-37-34-31-21-18-15-12-9-6-3)58-52(57)45-42-39-36-33-30-27-23-20-17-14-11-8-5-2/h18,21,48-50,54-55H,4-17,19-20,22-47H2,1-3H3,(H,53,56)/b21-18-. The lowest BCUT2D eigenvalue weighted by Crippen LogP contribution is -2.46. The van der Waals surface area contributed by atoms with Gasteiger partial charge in [0.2, 0.25) is 5.91 Å². The number of amides is 1. The van der Waals surface area contributed by atoms with Gasteiger partial charge in [0.15, 0.2) is 0 Å². The maximum absolute atomic E-state index is 13.2. The molecule has 3 atom stereocenters. The Kier molecular flexibility index (Phi) is 45.5. The second-order valence-corrected chi connectivity index (χ2v) is 17.9. The van der Waals surface area contributed by atoms with E-state index in [0.717, 1.165) is 64.2 Å². The number of unbranched alkanes of at least 4 members (excludes halogenated alkanes) is 33. The van der Waals surface area contributed by atoms with Crippen LogP contribution in [0.25, 0.3) is 0 Å². The zero-order valence-electron chi connectivity index (χ0n) is 39.2. The molecule has 0 bridgehead atoms. The molecule has 3 N–H and O–H groups in total. The van der Waals surface area contributed by atoms with Crippen LogP contribution in [0.4, 0.5) is 0 Å². The first-order chi connectivity index (χ1) is 28.5. The molecule has 0 spiro atoms. The molecule has 0 rings (SSSR count). The van der Waals surface area contributed by atoms with Gasteiger partial charge >= 0.3 is 5.97 Å². The Hall–Kier alpha value is -1.40. The van der Waals surface area contributed by atoms with Crippen LogP contribution in [0.2, 0.25) is 0 Å². The van der Waals surface area contributed by atoms with Gasteiger partial charge in [-0.05, 0) is 51.4 Å². The number of hydrogen-bond donors (Lipinski definition) is 3. The highest BCUT2D eigenvalue weighted by molar-refractivity contribution is 5.77. The molecule has 1 amide bonds. The minimum atomic E-state index is -0.785. The van der Waals surface area contributed by atoms with Gasteiger partial charge in [0.25, 0.3) is 0 Å². The predicted octanol–water partition coefficient (Wildman–Crippen LogP) is 15.3. The van der Waals surface area contributed by atoms with E-state index in [1.165, 1.54) is 173 Å². The number of carbonyl (C=O) groups excluding carboxylic acids is 2. The Balaban J connectivity index is 4.44. The molecule has 0 aromatic rings. The van der Waals surface area contributed by atoms with Crippen molar-refractivity contribution >= 4 is 11.9 Å². The number of nitrogens with one attached hydrogen (secondary N) is 1. The first-order valence-corrected chi connectivity index (χ1v) is 25.9. The summed E-state index contributed by atoms with van der Waals surface area (Å²) in [7, 11) is 0. The smallest absolute Gasteiger partial charge is 0.306 e. The molecule has 6 heteroatoms. The third kappa shape index (κ3) is 41.3. The number of ether oxygens (including phenoxy) is 1. The summed E-state index contributed by atoms with van der Waals surface area (Å²) < 4.78 is 5.91. The molecule has 3 unspecified atom stereocenters. The number of rotatable bonds is 47. The van der Waals surface area contributed by atoms with Crippen molar-refractivity contribution < 1.29 is 24.5 Å². The maximum atomic E-state index is 13.2. The average Bonchev–Trinajstić information content (AvgIpc) is 3.22. The van der Waals surface area contributed by atoms with Gasteiger partial charge < -0.3 is 20.3 Å². The van der Waals surface area contributed by atoms with Crippen molar-refractivity contribution in [1.29, 1.82) is 0 Å². The monoisotopic (exact) mass is 820 g/mol. The van der Waals surface area contributed by atoms with Gasteiger partial charge in [-0.15, -0.1) is 0 Å². The first kappa shape index (κ1) is 56.6. The van der Waals surface area contributed by atoms with E-state index >= 15 is 0 Å². The highest BCUT2D eigenvalue weighted by Gasteiger charge is 2.24. The van der Waals surface area contributed by atoms with Gasteiger partial charge in [-0.25, -0.2) is 0 Å². The topological polar surface area (TPSA) is 95.9 Å². The molecule has 0 fully saturated rings. The van der Waals surface area contributed by atoms with Crippen LogP contribution in [0.1, 0.15) is 284 Å². The van der Waals surface area contributed by atoms with Gasteiger partial charge in [-0.3, -0.25) is 9.59 Å². The summed E-state index contributed by atoms with van der Waals surface area (Å²) in [6.07, 6.45) is 51.3. The number of hydrogen-bond acceptors (Lipinski definition) is 5. The summed E-state index contributed by atoms with van der Waals surface area (Å²) in [5, 5.41) is 23.8. The molecule has 0 aliphatic carbocycles. The molecule has 0 aromatic carbocycles. The van der Waals surface area contributed by atoms with Gasteiger partial charge in [0, 0.05) is 6.42 Å². The second kappa shape index (κ2) is 46.7. The fourth-order valence-corrected chi connectivity index (χ4v) is 8.13. The summed E-state index contributed by atoms with van der Waals surface area (Å²) in [6, 6.07) is -0.699. The fourth-order valence-electron chi connectivity index (χ4n) is 8.13. The quantitative estimate of drug-likeness (QED) is 0.0323. The van der Waals surface area contributed by atoms with Gasteiger partial charge in [0.05, 0.1) is 25.2 Å². The van der Waals surface area contributed by atoms with E-state index in [1.807, 2.05) is 0 Å². The van der Waals surface area contributed by atoms with E-state index < -0.39 is 18.2 Å². The number of allylic oxidation sites excluding steroid dienone is 2. The number of esters is 1. The lowest BCUT2D eigenvalue weighted by atomic mass is 10.0. The predicted molar refractivity (Wildman–Crippen MR) is 250 cm³/mol. The number of aliphatic hydroxyl groups excluding tert-OH is 2. The Morgan fingerprint density at radius 3 is 1.26 bits per heavy atom. The molecule has 0 aliphatic heterocycles. The van der Waals surface area contributed by atoms with E-state index in [2.05, 4.69) is 38.2 Å². The zero-order chi connectivity index (χ0) is 42.4. The van der Waals surface area contributed by atoms with Gasteiger partial charge in [-0.2, -0.15) is 0 Å². The van der Waals surface area contributed by atoms with Crippen LogP contribution < -0.4 is 5.32 Å².